The molecule has 3 N–H and O–H groups in total. The predicted octanol–water partition coefficient (Wildman–Crippen LogP) is 4.02. The van der Waals surface area contributed by atoms with Crippen molar-refractivity contribution in [2.75, 3.05) is 5.32 Å². The third-order valence-corrected chi connectivity index (χ3v) is 4.13. The second-order valence-electron chi connectivity index (χ2n) is 5.84. The van der Waals surface area contributed by atoms with Gasteiger partial charge < -0.3 is 9.73 Å². The zero-order chi connectivity index (χ0) is 20.1. The maximum absolute atomic E-state index is 12.5. The Labute approximate surface area is 166 Å². The molecular weight excluding hydrogens is 393 g/mol. The number of hydrogen-bond acceptors (Lipinski definition) is 4. The number of anilines is 1. The average Bonchev–Trinajstić information content (AvgIpc) is 2.93. The molecule has 144 valence electrons. The smallest absolute Gasteiger partial charge is 0.273 e. The van der Waals surface area contributed by atoms with Crippen LogP contribution in [0.2, 0.25) is 10.0 Å². The number of carbonyl (C=O) groups is 3. The molecular formula is C18H19Cl2N3O4. The number of amides is 3. The van der Waals surface area contributed by atoms with Crippen LogP contribution in [-0.4, -0.2) is 17.7 Å². The van der Waals surface area contributed by atoms with Crippen molar-refractivity contribution in [3.63, 3.8) is 0 Å². The van der Waals surface area contributed by atoms with Crippen LogP contribution < -0.4 is 16.2 Å². The Morgan fingerprint density at radius 1 is 1.00 bits per heavy atom. The highest BCUT2D eigenvalue weighted by atomic mass is 35.5. The van der Waals surface area contributed by atoms with Crippen LogP contribution in [-0.2, 0) is 4.79 Å². The fourth-order valence-corrected chi connectivity index (χ4v) is 2.95. The summed E-state index contributed by atoms with van der Waals surface area (Å²) >= 11 is 12.1. The van der Waals surface area contributed by atoms with E-state index in [0.717, 1.165) is 0 Å². The first kappa shape index (κ1) is 20.8. The number of nitrogens with one attached hydrogen (secondary N) is 3. The van der Waals surface area contributed by atoms with Crippen molar-refractivity contribution in [2.24, 2.45) is 0 Å². The third kappa shape index (κ3) is 5.24. The quantitative estimate of drug-likeness (QED) is 0.646. The predicted molar refractivity (Wildman–Crippen MR) is 103 cm³/mol. The average molecular weight is 412 g/mol. The minimum atomic E-state index is -0.683. The van der Waals surface area contributed by atoms with E-state index in [1.54, 1.807) is 19.9 Å². The van der Waals surface area contributed by atoms with Gasteiger partial charge in [0.2, 0.25) is 5.91 Å². The van der Waals surface area contributed by atoms with Crippen LogP contribution >= 0.6 is 23.2 Å². The van der Waals surface area contributed by atoms with Crippen LogP contribution in [0.3, 0.4) is 0 Å². The van der Waals surface area contributed by atoms with E-state index in [4.69, 9.17) is 27.6 Å². The molecule has 1 aromatic carbocycles. The molecule has 2 rings (SSSR count). The second-order valence-corrected chi connectivity index (χ2v) is 6.69. The molecule has 1 heterocycles. The summed E-state index contributed by atoms with van der Waals surface area (Å²) in [5.74, 6) is -0.506. The van der Waals surface area contributed by atoms with Crippen molar-refractivity contribution in [3.05, 3.63) is 50.9 Å². The summed E-state index contributed by atoms with van der Waals surface area (Å²) in [5, 5.41) is 2.93. The summed E-state index contributed by atoms with van der Waals surface area (Å²) in [6.45, 7) is 5.20. The van der Waals surface area contributed by atoms with Crippen LogP contribution in [0.15, 0.2) is 22.6 Å². The Morgan fingerprint density at radius 2 is 1.63 bits per heavy atom. The van der Waals surface area contributed by atoms with Gasteiger partial charge in [-0.3, -0.25) is 25.2 Å². The molecule has 0 fully saturated rings. The normalized spacial score (nSPS) is 10.4. The maximum atomic E-state index is 12.5. The highest BCUT2D eigenvalue weighted by Crippen LogP contribution is 2.30. The lowest BCUT2D eigenvalue weighted by Crippen LogP contribution is -2.42. The summed E-state index contributed by atoms with van der Waals surface area (Å²) in [6.07, 6.45) is 0.911. The molecule has 2 aromatic rings. The van der Waals surface area contributed by atoms with Crippen molar-refractivity contribution in [2.45, 2.75) is 33.6 Å². The monoisotopic (exact) mass is 411 g/mol. The molecule has 27 heavy (non-hydrogen) atoms. The molecule has 9 heteroatoms. The molecule has 0 saturated carbocycles. The number of rotatable bonds is 5. The molecule has 0 aliphatic heterocycles. The number of hydrogen-bond donors (Lipinski definition) is 3. The van der Waals surface area contributed by atoms with Gasteiger partial charge in [0.25, 0.3) is 11.8 Å². The van der Waals surface area contributed by atoms with Gasteiger partial charge in [0.1, 0.15) is 11.5 Å². The molecule has 7 nitrogen and oxygen atoms in total. The summed E-state index contributed by atoms with van der Waals surface area (Å²) in [5.41, 5.74) is 5.03. The second kappa shape index (κ2) is 8.92. The third-order valence-electron chi connectivity index (χ3n) is 3.62. The fraction of sp³-hybridized carbons (Fsp3) is 0.278. The molecule has 0 aliphatic rings. The van der Waals surface area contributed by atoms with Crippen molar-refractivity contribution in [3.8, 4) is 0 Å². The van der Waals surface area contributed by atoms with Crippen molar-refractivity contribution in [1.29, 1.82) is 0 Å². The zero-order valence-corrected chi connectivity index (χ0v) is 16.5. The lowest BCUT2D eigenvalue weighted by Gasteiger charge is -2.14. The van der Waals surface area contributed by atoms with Gasteiger partial charge in [0, 0.05) is 11.4 Å². The highest BCUT2D eigenvalue weighted by molar-refractivity contribution is 6.38. The zero-order valence-electron chi connectivity index (χ0n) is 15.0. The molecule has 0 aliphatic carbocycles. The summed E-state index contributed by atoms with van der Waals surface area (Å²) in [4.78, 5) is 36.6. The summed E-state index contributed by atoms with van der Waals surface area (Å²) < 4.78 is 5.29. The lowest BCUT2D eigenvalue weighted by molar-refractivity contribution is -0.116. The van der Waals surface area contributed by atoms with Crippen molar-refractivity contribution < 1.29 is 18.8 Å². The van der Waals surface area contributed by atoms with Gasteiger partial charge in [0.15, 0.2) is 0 Å². The Bertz CT molecular complexity index is 893. The van der Waals surface area contributed by atoms with E-state index in [2.05, 4.69) is 16.2 Å². The number of furan rings is 1. The van der Waals surface area contributed by atoms with Gasteiger partial charge in [-0.15, -0.1) is 0 Å². The maximum Gasteiger partial charge on any atom is 0.273 e. The Kier molecular flexibility index (Phi) is 6.87. The van der Waals surface area contributed by atoms with Crippen molar-refractivity contribution >= 4 is 46.6 Å². The Hall–Kier alpha value is -2.51. The first-order valence-electron chi connectivity index (χ1n) is 8.19. The first-order chi connectivity index (χ1) is 12.7. The molecule has 1 aromatic heterocycles. The number of carbonyl (C=O) groups excluding carboxylic acids is 3. The molecule has 0 bridgehead atoms. The van der Waals surface area contributed by atoms with Crippen LogP contribution in [0.4, 0.5) is 5.69 Å². The Balaban J connectivity index is 2.18. The van der Waals surface area contributed by atoms with E-state index in [1.165, 1.54) is 12.1 Å². The standard InChI is InChI=1S/C18H19Cl2N3O4/c1-4-5-15(24)21-16-13(7-11(19)8-14(16)20)18(26)23-22-17(25)12-6-9(2)27-10(12)3/h6-8H,4-5H2,1-3H3,(H,21,24)(H,22,25)(H,23,26). The summed E-state index contributed by atoms with van der Waals surface area (Å²) in [7, 11) is 0. The molecule has 0 radical (unpaired) electrons. The lowest BCUT2D eigenvalue weighted by atomic mass is 10.1. The van der Waals surface area contributed by atoms with Gasteiger partial charge >= 0.3 is 0 Å². The molecule has 0 spiro atoms. The first-order valence-corrected chi connectivity index (χ1v) is 8.95. The van der Waals surface area contributed by atoms with Crippen LogP contribution in [0.25, 0.3) is 0 Å². The number of hydrazine groups is 1. The largest absolute Gasteiger partial charge is 0.466 e. The highest BCUT2D eigenvalue weighted by Gasteiger charge is 2.19. The van der Waals surface area contributed by atoms with Gasteiger partial charge in [-0.05, 0) is 38.5 Å². The molecule has 0 atom stereocenters. The SMILES string of the molecule is CCCC(=O)Nc1c(Cl)cc(Cl)cc1C(=O)NNC(=O)c1cc(C)oc1C. The number of halogens is 2. The van der Waals surface area contributed by atoms with Gasteiger partial charge in [-0.1, -0.05) is 30.1 Å². The van der Waals surface area contributed by atoms with Gasteiger partial charge in [-0.2, -0.15) is 0 Å². The van der Waals surface area contributed by atoms with Gasteiger partial charge in [0.05, 0.1) is 21.8 Å². The number of benzene rings is 1. The van der Waals surface area contributed by atoms with Crippen LogP contribution in [0.5, 0.6) is 0 Å². The molecule has 0 unspecified atom stereocenters. The van der Waals surface area contributed by atoms with E-state index in [-0.39, 0.29) is 33.6 Å². The van der Waals surface area contributed by atoms with Crippen LogP contribution in [0, 0.1) is 13.8 Å². The molecule has 3 amide bonds. The van der Waals surface area contributed by atoms with Gasteiger partial charge in [-0.25, -0.2) is 0 Å². The topological polar surface area (TPSA) is 100 Å². The molecule has 0 saturated heterocycles. The van der Waals surface area contributed by atoms with E-state index in [1.807, 2.05) is 6.92 Å². The summed E-state index contributed by atoms with van der Waals surface area (Å²) in [6, 6.07) is 4.32. The van der Waals surface area contributed by atoms with E-state index in [9.17, 15) is 14.4 Å². The number of aryl methyl sites for hydroxylation is 2. The minimum Gasteiger partial charge on any atom is -0.466 e. The van der Waals surface area contributed by atoms with E-state index >= 15 is 0 Å². The van der Waals surface area contributed by atoms with Crippen molar-refractivity contribution in [1.82, 2.24) is 10.9 Å². The minimum absolute atomic E-state index is 0.0253. The van der Waals surface area contributed by atoms with E-state index in [0.29, 0.717) is 23.5 Å². The fourth-order valence-electron chi connectivity index (χ4n) is 2.41. The van der Waals surface area contributed by atoms with Crippen LogP contribution in [0.1, 0.15) is 52.0 Å². The van der Waals surface area contributed by atoms with E-state index < -0.39 is 11.8 Å². The Morgan fingerprint density at radius 3 is 2.19 bits per heavy atom.